The van der Waals surface area contributed by atoms with Gasteiger partial charge in [0.05, 0.1) is 16.6 Å². The number of aliphatic imine (C=N–C) groups is 1. The van der Waals surface area contributed by atoms with E-state index >= 15 is 0 Å². The van der Waals surface area contributed by atoms with E-state index in [0.29, 0.717) is 21.8 Å². The van der Waals surface area contributed by atoms with Gasteiger partial charge in [-0.05, 0) is 37.1 Å². The largest absolute Gasteiger partial charge is 0.293 e. The molecule has 25 heavy (non-hydrogen) atoms. The van der Waals surface area contributed by atoms with Crippen molar-refractivity contribution in [3.63, 3.8) is 0 Å². The van der Waals surface area contributed by atoms with Crippen LogP contribution in [0.15, 0.2) is 53.5 Å². The fourth-order valence-corrected chi connectivity index (χ4v) is 3.02. The molecule has 0 radical (unpaired) electrons. The number of hydrogen-bond donors (Lipinski definition) is 0. The molecule has 2 atom stereocenters. The van der Waals surface area contributed by atoms with Gasteiger partial charge in [-0.2, -0.15) is 0 Å². The number of anilines is 1. The zero-order chi connectivity index (χ0) is 18.0. The monoisotopic (exact) mass is 354 g/mol. The summed E-state index contributed by atoms with van der Waals surface area (Å²) in [5, 5.41) is 0.362. The van der Waals surface area contributed by atoms with E-state index in [1.54, 1.807) is 42.6 Å². The smallest absolute Gasteiger partial charge is 0.265 e. The van der Waals surface area contributed by atoms with Crippen LogP contribution in [-0.4, -0.2) is 24.1 Å². The molecule has 5 heteroatoms. The quantitative estimate of drug-likeness (QED) is 0.600. The highest BCUT2D eigenvalue weighted by molar-refractivity contribution is 6.37. The molecule has 2 amide bonds. The second kappa shape index (κ2) is 7.19. The third kappa shape index (κ3) is 3.22. The number of benzene rings is 2. The van der Waals surface area contributed by atoms with Gasteiger partial charge in [0.1, 0.15) is 0 Å². The summed E-state index contributed by atoms with van der Waals surface area (Å²) in [6.45, 7) is 4.03. The number of nitrogens with zero attached hydrogens (tertiary/aromatic N) is 2. The van der Waals surface area contributed by atoms with Crippen molar-refractivity contribution in [1.82, 2.24) is 0 Å². The van der Waals surface area contributed by atoms with E-state index in [4.69, 9.17) is 11.6 Å². The lowest BCUT2D eigenvalue weighted by Crippen LogP contribution is -2.45. The first-order valence-corrected chi connectivity index (χ1v) is 8.67. The van der Waals surface area contributed by atoms with E-state index in [-0.39, 0.29) is 17.9 Å². The minimum Gasteiger partial charge on any atom is -0.293 e. The van der Waals surface area contributed by atoms with Crippen LogP contribution in [0.5, 0.6) is 0 Å². The highest BCUT2D eigenvalue weighted by atomic mass is 35.5. The molecule has 0 saturated heterocycles. The Kier molecular flexibility index (Phi) is 5.00. The SMILES string of the molecule is CC[C@H](C)N=CC1C(=O)N(c2ccccc2Cl)C(=O)c2ccccc21. The fourth-order valence-electron chi connectivity index (χ4n) is 2.80. The highest BCUT2D eigenvalue weighted by Crippen LogP contribution is 2.35. The zero-order valence-electron chi connectivity index (χ0n) is 14.1. The number of carbonyl (C=O) groups excluding carboxylic acids is 2. The van der Waals surface area contributed by atoms with E-state index in [1.807, 2.05) is 26.0 Å². The molecule has 1 heterocycles. The lowest BCUT2D eigenvalue weighted by molar-refractivity contribution is -0.118. The van der Waals surface area contributed by atoms with Crippen LogP contribution < -0.4 is 4.90 Å². The number of imide groups is 1. The van der Waals surface area contributed by atoms with Crippen molar-refractivity contribution in [2.75, 3.05) is 4.90 Å². The normalized spacial score (nSPS) is 18.5. The lowest BCUT2D eigenvalue weighted by atomic mass is 9.88. The van der Waals surface area contributed by atoms with E-state index in [0.717, 1.165) is 11.3 Å². The molecule has 0 saturated carbocycles. The van der Waals surface area contributed by atoms with Gasteiger partial charge in [0.2, 0.25) is 5.91 Å². The van der Waals surface area contributed by atoms with Crippen molar-refractivity contribution in [1.29, 1.82) is 0 Å². The second-order valence-electron chi connectivity index (χ2n) is 6.05. The molecule has 1 aliphatic rings. The summed E-state index contributed by atoms with van der Waals surface area (Å²) >= 11 is 6.23. The van der Waals surface area contributed by atoms with Crippen LogP contribution >= 0.6 is 11.6 Å². The second-order valence-corrected chi connectivity index (χ2v) is 6.46. The number of amides is 2. The average molecular weight is 355 g/mol. The van der Waals surface area contributed by atoms with Gasteiger partial charge in [-0.15, -0.1) is 0 Å². The first-order chi connectivity index (χ1) is 12.0. The van der Waals surface area contributed by atoms with Crippen LogP contribution in [0.3, 0.4) is 0 Å². The van der Waals surface area contributed by atoms with Crippen molar-refractivity contribution >= 4 is 35.3 Å². The van der Waals surface area contributed by atoms with Crippen LogP contribution in [0.1, 0.15) is 42.1 Å². The summed E-state index contributed by atoms with van der Waals surface area (Å²) < 4.78 is 0. The number of fused-ring (bicyclic) bond motifs is 1. The standard InChI is InChI=1S/C20H19ClN2O2/c1-3-13(2)22-12-16-14-8-4-5-9-15(14)19(24)23(20(16)25)18-11-7-6-10-17(18)21/h4-13,16H,3H2,1-2H3/t13-,16?/m0/s1. The molecule has 1 aliphatic heterocycles. The number of rotatable bonds is 4. The summed E-state index contributed by atoms with van der Waals surface area (Å²) in [6, 6.07) is 14.1. The Morgan fingerprint density at radius 1 is 1.16 bits per heavy atom. The molecule has 0 aliphatic carbocycles. The third-order valence-corrected chi connectivity index (χ3v) is 4.71. The molecule has 0 aromatic heterocycles. The van der Waals surface area contributed by atoms with Gasteiger partial charge in [0.15, 0.2) is 0 Å². The van der Waals surface area contributed by atoms with E-state index in [9.17, 15) is 9.59 Å². The van der Waals surface area contributed by atoms with Crippen LogP contribution in [0.25, 0.3) is 0 Å². The molecule has 0 bridgehead atoms. The summed E-state index contributed by atoms with van der Waals surface area (Å²) in [4.78, 5) is 31.7. The topological polar surface area (TPSA) is 49.7 Å². The Bertz CT molecular complexity index is 847. The number of hydrogen-bond acceptors (Lipinski definition) is 3. The summed E-state index contributed by atoms with van der Waals surface area (Å²) in [5.41, 5.74) is 1.59. The van der Waals surface area contributed by atoms with Crippen molar-refractivity contribution in [3.8, 4) is 0 Å². The third-order valence-electron chi connectivity index (χ3n) is 4.39. The van der Waals surface area contributed by atoms with Gasteiger partial charge in [0, 0.05) is 17.8 Å². The van der Waals surface area contributed by atoms with Crippen molar-refractivity contribution in [2.24, 2.45) is 4.99 Å². The Labute approximate surface area is 152 Å². The molecule has 3 rings (SSSR count). The Hall–Kier alpha value is -2.46. The van der Waals surface area contributed by atoms with E-state index < -0.39 is 5.92 Å². The Morgan fingerprint density at radius 3 is 2.56 bits per heavy atom. The van der Waals surface area contributed by atoms with Gasteiger partial charge in [-0.1, -0.05) is 48.9 Å². The molecular formula is C20H19ClN2O2. The molecule has 0 fully saturated rings. The van der Waals surface area contributed by atoms with Crippen molar-refractivity contribution < 1.29 is 9.59 Å². The van der Waals surface area contributed by atoms with E-state index in [2.05, 4.69) is 4.99 Å². The molecule has 128 valence electrons. The van der Waals surface area contributed by atoms with Crippen molar-refractivity contribution in [3.05, 3.63) is 64.7 Å². The van der Waals surface area contributed by atoms with Crippen LogP contribution in [0.2, 0.25) is 5.02 Å². The van der Waals surface area contributed by atoms with E-state index in [1.165, 1.54) is 0 Å². The van der Waals surface area contributed by atoms with Crippen LogP contribution in [0.4, 0.5) is 5.69 Å². The summed E-state index contributed by atoms with van der Waals surface area (Å²) in [7, 11) is 0. The number of para-hydroxylation sites is 1. The number of carbonyl (C=O) groups is 2. The molecular weight excluding hydrogens is 336 g/mol. The van der Waals surface area contributed by atoms with Gasteiger partial charge < -0.3 is 0 Å². The predicted octanol–water partition coefficient (Wildman–Crippen LogP) is 4.48. The van der Waals surface area contributed by atoms with Crippen molar-refractivity contribution in [2.45, 2.75) is 32.2 Å². The first kappa shape index (κ1) is 17.4. The van der Waals surface area contributed by atoms with Crippen LogP contribution in [0, 0.1) is 0 Å². The highest BCUT2D eigenvalue weighted by Gasteiger charge is 2.39. The molecule has 0 spiro atoms. The van der Waals surface area contributed by atoms with Gasteiger partial charge >= 0.3 is 0 Å². The Balaban J connectivity index is 2.12. The zero-order valence-corrected chi connectivity index (χ0v) is 14.9. The van der Waals surface area contributed by atoms with Gasteiger partial charge in [-0.25, -0.2) is 4.90 Å². The first-order valence-electron chi connectivity index (χ1n) is 8.29. The maximum Gasteiger partial charge on any atom is 0.265 e. The predicted molar refractivity (Wildman–Crippen MR) is 101 cm³/mol. The average Bonchev–Trinajstić information content (AvgIpc) is 2.63. The molecule has 2 aromatic carbocycles. The molecule has 0 N–H and O–H groups in total. The van der Waals surface area contributed by atoms with Gasteiger partial charge in [-0.3, -0.25) is 14.6 Å². The fraction of sp³-hybridized carbons (Fsp3) is 0.250. The summed E-state index contributed by atoms with van der Waals surface area (Å²) in [5.74, 6) is -1.29. The molecule has 1 unspecified atom stereocenters. The van der Waals surface area contributed by atoms with Crippen LogP contribution in [-0.2, 0) is 4.79 Å². The summed E-state index contributed by atoms with van der Waals surface area (Å²) in [6.07, 6.45) is 2.54. The molecule has 4 nitrogen and oxygen atoms in total. The lowest BCUT2D eigenvalue weighted by Gasteiger charge is -2.31. The Morgan fingerprint density at radius 2 is 1.84 bits per heavy atom. The minimum atomic E-state index is -0.598. The number of halogens is 1. The molecule has 2 aromatic rings. The minimum absolute atomic E-state index is 0.117. The maximum absolute atomic E-state index is 13.1. The maximum atomic E-state index is 13.1. The van der Waals surface area contributed by atoms with Gasteiger partial charge in [0.25, 0.3) is 5.91 Å².